The Morgan fingerprint density at radius 3 is 1.85 bits per heavy atom. The fraction of sp³-hybridized carbons (Fsp3) is 0.450. The Labute approximate surface area is 290 Å². The minimum atomic E-state index is -0.875. The monoisotopic (exact) mass is 677 g/mol. The molecule has 2 N–H and O–H groups in total. The van der Waals surface area contributed by atoms with E-state index >= 15 is 0 Å². The summed E-state index contributed by atoms with van der Waals surface area (Å²) in [5, 5.41) is 20.7. The molecule has 4 rings (SSSR count). The fourth-order valence-corrected chi connectivity index (χ4v) is 6.66. The van der Waals surface area contributed by atoms with Gasteiger partial charge in [0.1, 0.15) is 0 Å². The predicted octanol–water partition coefficient (Wildman–Crippen LogP) is 11.1. The topological polar surface area (TPSA) is 79.5 Å². The van der Waals surface area contributed by atoms with Crippen LogP contribution in [0.2, 0.25) is 5.02 Å². The number of carboxylic acids is 2. The molecule has 0 radical (unpaired) electrons. The molecule has 0 fully saturated rings. The molecule has 0 saturated carbocycles. The highest BCUT2D eigenvalue weighted by atomic mass is 35.5. The lowest BCUT2D eigenvalue weighted by Gasteiger charge is -2.24. The molecular formula is C40H52ClNO4S. The van der Waals surface area contributed by atoms with Gasteiger partial charge in [0.05, 0.1) is 11.3 Å². The number of carbonyl (C=O) groups is 2. The molecule has 5 nitrogen and oxygen atoms in total. The summed E-state index contributed by atoms with van der Waals surface area (Å²) >= 11 is 7.94. The van der Waals surface area contributed by atoms with Crippen LogP contribution in [-0.2, 0) is 29.0 Å². The van der Waals surface area contributed by atoms with Gasteiger partial charge in [0.15, 0.2) is 0 Å². The van der Waals surface area contributed by atoms with E-state index in [-0.39, 0.29) is 4.75 Å². The Bertz CT molecular complexity index is 1660. The van der Waals surface area contributed by atoms with Crippen LogP contribution in [0, 0.1) is 11.3 Å². The average molecular weight is 678 g/mol. The molecule has 47 heavy (non-hydrogen) atoms. The maximum atomic E-state index is 12.1. The normalized spacial score (nSPS) is 12.7. The quantitative estimate of drug-likeness (QED) is 0.154. The zero-order valence-corrected chi connectivity index (χ0v) is 31.2. The van der Waals surface area contributed by atoms with Crippen molar-refractivity contribution in [1.29, 1.82) is 0 Å². The summed E-state index contributed by atoms with van der Waals surface area (Å²) in [5.74, 6) is -0.918. The Morgan fingerprint density at radius 2 is 1.36 bits per heavy atom. The molecule has 0 amide bonds. The van der Waals surface area contributed by atoms with Crippen LogP contribution in [0.25, 0.3) is 10.9 Å². The molecular weight excluding hydrogens is 626 g/mol. The first-order valence-corrected chi connectivity index (χ1v) is 17.6. The zero-order valence-electron chi connectivity index (χ0n) is 29.6. The number of rotatable bonds is 11. The van der Waals surface area contributed by atoms with Crippen molar-refractivity contribution < 1.29 is 19.8 Å². The van der Waals surface area contributed by atoms with Crippen LogP contribution >= 0.6 is 23.4 Å². The third-order valence-corrected chi connectivity index (χ3v) is 9.68. The van der Waals surface area contributed by atoms with E-state index in [2.05, 4.69) is 71.2 Å². The zero-order chi connectivity index (χ0) is 35.3. The molecule has 0 aliphatic carbocycles. The molecule has 0 aliphatic rings. The van der Waals surface area contributed by atoms with E-state index in [1.165, 1.54) is 21.4 Å². The van der Waals surface area contributed by atoms with Crippen molar-refractivity contribution in [2.75, 3.05) is 0 Å². The van der Waals surface area contributed by atoms with Gasteiger partial charge in [-0.05, 0) is 85.5 Å². The van der Waals surface area contributed by atoms with Crippen molar-refractivity contribution in [2.45, 2.75) is 110 Å². The van der Waals surface area contributed by atoms with Crippen LogP contribution in [0.1, 0.15) is 109 Å². The summed E-state index contributed by atoms with van der Waals surface area (Å²) < 4.78 is 2.30. The minimum absolute atomic E-state index is 0.00463. The second-order valence-corrected chi connectivity index (χ2v) is 17.2. The first kappa shape index (κ1) is 38.2. The van der Waals surface area contributed by atoms with Crippen LogP contribution < -0.4 is 0 Å². The van der Waals surface area contributed by atoms with E-state index in [1.807, 2.05) is 74.1 Å². The highest BCUT2D eigenvalue weighted by Crippen LogP contribution is 2.44. The number of aromatic nitrogens is 1. The van der Waals surface area contributed by atoms with Crippen molar-refractivity contribution in [2.24, 2.45) is 11.3 Å². The minimum Gasteiger partial charge on any atom is -0.481 e. The number of hydrogen-bond donors (Lipinski definition) is 2. The second-order valence-electron chi connectivity index (χ2n) is 14.9. The first-order chi connectivity index (χ1) is 21.8. The van der Waals surface area contributed by atoms with E-state index in [0.717, 1.165) is 28.8 Å². The van der Waals surface area contributed by atoms with Gasteiger partial charge in [-0.1, -0.05) is 103 Å². The SMILES string of the molecule is CC(C)Cc1ccc(C(C)C(=O)O)cc1.CC(C)c1ccc2c(c1)c(SC(C)(C)C)c(CC(C)(C)C(=O)O)n2Cc1ccc(Cl)cc1. The lowest BCUT2D eigenvalue weighted by Crippen LogP contribution is -2.28. The van der Waals surface area contributed by atoms with E-state index in [0.29, 0.717) is 29.8 Å². The molecule has 0 spiro atoms. The summed E-state index contributed by atoms with van der Waals surface area (Å²) in [4.78, 5) is 24.0. The smallest absolute Gasteiger partial charge is 0.310 e. The predicted molar refractivity (Wildman–Crippen MR) is 198 cm³/mol. The Kier molecular flexibility index (Phi) is 12.8. The summed E-state index contributed by atoms with van der Waals surface area (Å²) in [6, 6.07) is 22.5. The van der Waals surface area contributed by atoms with Gasteiger partial charge in [-0.25, -0.2) is 0 Å². The van der Waals surface area contributed by atoms with Crippen LogP contribution in [0.4, 0.5) is 0 Å². The molecule has 1 atom stereocenters. The van der Waals surface area contributed by atoms with Crippen LogP contribution in [0.15, 0.2) is 71.6 Å². The lowest BCUT2D eigenvalue weighted by atomic mass is 9.88. The maximum absolute atomic E-state index is 12.1. The Balaban J connectivity index is 0.000000335. The largest absolute Gasteiger partial charge is 0.481 e. The van der Waals surface area contributed by atoms with Gasteiger partial charge in [-0.15, -0.1) is 11.8 Å². The standard InChI is InChI=1S/C27H34ClNO2S.C13H18O2/c1-17(2)19-10-13-22-21(14-19)24(32-26(3,4)5)23(15-27(6,7)25(30)31)29(22)16-18-8-11-20(28)12-9-18;1-9(2)8-11-4-6-12(7-5-11)10(3)13(14)15/h8-14,17H,15-16H2,1-7H3,(H,30,31);4-7,9-10H,8H2,1-3H3,(H,14,15). The average Bonchev–Trinajstić information content (AvgIpc) is 3.23. The number of carboxylic acid groups (broad SMARTS) is 2. The number of halogens is 1. The van der Waals surface area contributed by atoms with Gasteiger partial charge in [0.2, 0.25) is 0 Å². The fourth-order valence-electron chi connectivity index (χ4n) is 5.35. The molecule has 4 aromatic rings. The molecule has 3 aromatic carbocycles. The van der Waals surface area contributed by atoms with E-state index < -0.39 is 23.3 Å². The van der Waals surface area contributed by atoms with Gasteiger partial charge >= 0.3 is 11.9 Å². The lowest BCUT2D eigenvalue weighted by molar-refractivity contribution is -0.147. The van der Waals surface area contributed by atoms with Crippen molar-refractivity contribution in [3.63, 3.8) is 0 Å². The maximum Gasteiger partial charge on any atom is 0.310 e. The molecule has 7 heteroatoms. The number of fused-ring (bicyclic) bond motifs is 1. The van der Waals surface area contributed by atoms with Gasteiger partial charge < -0.3 is 14.8 Å². The number of thioether (sulfide) groups is 1. The molecule has 1 unspecified atom stereocenters. The number of hydrogen-bond acceptors (Lipinski definition) is 3. The summed E-state index contributed by atoms with van der Waals surface area (Å²) in [5.41, 5.74) is 5.93. The molecule has 1 heterocycles. The van der Waals surface area contributed by atoms with Crippen molar-refractivity contribution in [1.82, 2.24) is 4.57 Å². The number of benzene rings is 3. The highest BCUT2D eigenvalue weighted by Gasteiger charge is 2.33. The molecule has 0 saturated heterocycles. The first-order valence-electron chi connectivity index (χ1n) is 16.4. The van der Waals surface area contributed by atoms with E-state index in [9.17, 15) is 14.7 Å². The van der Waals surface area contributed by atoms with Gasteiger partial charge in [0, 0.05) is 44.2 Å². The number of nitrogens with zero attached hydrogens (tertiary/aromatic N) is 1. The Morgan fingerprint density at radius 1 is 0.809 bits per heavy atom. The van der Waals surface area contributed by atoms with Gasteiger partial charge in [-0.2, -0.15) is 0 Å². The molecule has 1 aromatic heterocycles. The van der Waals surface area contributed by atoms with E-state index in [1.54, 1.807) is 6.92 Å². The third kappa shape index (κ3) is 10.6. The Hall–Kier alpha value is -3.22. The van der Waals surface area contributed by atoms with Crippen molar-refractivity contribution in [3.05, 3.63) is 99.7 Å². The van der Waals surface area contributed by atoms with Gasteiger partial charge in [0.25, 0.3) is 0 Å². The van der Waals surface area contributed by atoms with Crippen LogP contribution in [-0.4, -0.2) is 31.5 Å². The van der Waals surface area contributed by atoms with Crippen molar-refractivity contribution in [3.8, 4) is 0 Å². The van der Waals surface area contributed by atoms with Crippen LogP contribution in [0.3, 0.4) is 0 Å². The molecule has 0 bridgehead atoms. The van der Waals surface area contributed by atoms with E-state index in [4.69, 9.17) is 16.7 Å². The highest BCUT2D eigenvalue weighted by molar-refractivity contribution is 8.00. The second kappa shape index (κ2) is 15.8. The van der Waals surface area contributed by atoms with Gasteiger partial charge in [-0.3, -0.25) is 9.59 Å². The van der Waals surface area contributed by atoms with Crippen molar-refractivity contribution >= 4 is 46.2 Å². The molecule has 0 aliphatic heterocycles. The summed E-state index contributed by atoms with van der Waals surface area (Å²) in [6.07, 6.45) is 1.50. The number of aliphatic carboxylic acids is 2. The third-order valence-electron chi connectivity index (χ3n) is 8.16. The van der Waals surface area contributed by atoms with Crippen LogP contribution in [0.5, 0.6) is 0 Å². The summed E-state index contributed by atoms with van der Waals surface area (Å²) in [7, 11) is 0. The summed E-state index contributed by atoms with van der Waals surface area (Å²) in [6.45, 7) is 21.4. The molecule has 254 valence electrons.